The number of hydrogen-bond donors (Lipinski definition) is 1. The van der Waals surface area contributed by atoms with Gasteiger partial charge in [0.2, 0.25) is 0 Å². The van der Waals surface area contributed by atoms with E-state index in [4.69, 9.17) is 18.0 Å². The van der Waals surface area contributed by atoms with Gasteiger partial charge in [-0.2, -0.15) is 11.3 Å². The normalized spacial score (nSPS) is 16.1. The van der Waals surface area contributed by atoms with E-state index in [0.29, 0.717) is 4.99 Å². The molecule has 1 saturated carbocycles. The number of hydrogen-bond acceptors (Lipinski definition) is 3. The highest BCUT2D eigenvalue weighted by molar-refractivity contribution is 7.80. The smallest absolute Gasteiger partial charge is 0.0870 e. The third kappa shape index (κ3) is 2.77. The van der Waals surface area contributed by atoms with Crippen LogP contribution in [0.25, 0.3) is 0 Å². The van der Waals surface area contributed by atoms with Gasteiger partial charge in [0.1, 0.15) is 0 Å². The van der Waals surface area contributed by atoms with Gasteiger partial charge in [-0.3, -0.25) is 4.90 Å². The van der Waals surface area contributed by atoms with E-state index in [1.54, 1.807) is 11.3 Å². The summed E-state index contributed by atoms with van der Waals surface area (Å²) in [6.07, 6.45) is 2.60. The first-order valence-electron chi connectivity index (χ1n) is 4.79. The minimum absolute atomic E-state index is 0.604. The van der Waals surface area contributed by atoms with Crippen molar-refractivity contribution in [3.8, 4) is 0 Å². The third-order valence-corrected chi connectivity index (χ3v) is 3.25. The molecular formula is C10H14N2S2. The molecule has 2 rings (SSSR count). The maximum atomic E-state index is 5.58. The Hall–Kier alpha value is -0.450. The molecule has 2 nitrogen and oxygen atoms in total. The maximum absolute atomic E-state index is 5.58. The van der Waals surface area contributed by atoms with Crippen LogP contribution in [0.1, 0.15) is 18.4 Å². The van der Waals surface area contributed by atoms with Gasteiger partial charge in [0, 0.05) is 19.1 Å². The monoisotopic (exact) mass is 226 g/mol. The highest BCUT2D eigenvalue weighted by atomic mass is 32.1. The van der Waals surface area contributed by atoms with Crippen LogP contribution >= 0.6 is 23.6 Å². The summed E-state index contributed by atoms with van der Waals surface area (Å²) in [4.78, 5) is 2.98. The Morgan fingerprint density at radius 1 is 1.64 bits per heavy atom. The van der Waals surface area contributed by atoms with Crippen molar-refractivity contribution in [3.05, 3.63) is 22.4 Å². The van der Waals surface area contributed by atoms with Crippen LogP contribution in [0.5, 0.6) is 0 Å². The van der Waals surface area contributed by atoms with E-state index in [9.17, 15) is 0 Å². The van der Waals surface area contributed by atoms with E-state index < -0.39 is 0 Å². The first-order chi connectivity index (χ1) is 6.75. The molecule has 1 aromatic rings. The SMILES string of the molecule is NC(=S)CN(Cc1ccsc1)C1CC1. The summed E-state index contributed by atoms with van der Waals surface area (Å²) in [6, 6.07) is 2.89. The summed E-state index contributed by atoms with van der Waals surface area (Å²) in [5, 5.41) is 4.30. The van der Waals surface area contributed by atoms with E-state index in [0.717, 1.165) is 19.1 Å². The standard InChI is InChI=1S/C10H14N2S2/c11-10(13)6-12(9-1-2-9)5-8-3-4-14-7-8/h3-4,7,9H,1-2,5-6H2,(H2,11,13). The molecule has 1 aliphatic carbocycles. The fourth-order valence-electron chi connectivity index (χ4n) is 1.57. The Kier molecular flexibility index (Phi) is 3.15. The molecule has 0 bridgehead atoms. The molecule has 2 N–H and O–H groups in total. The van der Waals surface area contributed by atoms with Crippen LogP contribution in [0.2, 0.25) is 0 Å². The molecular weight excluding hydrogens is 212 g/mol. The van der Waals surface area contributed by atoms with Gasteiger partial charge in [0.25, 0.3) is 0 Å². The van der Waals surface area contributed by atoms with Crippen molar-refractivity contribution in [2.45, 2.75) is 25.4 Å². The van der Waals surface area contributed by atoms with Crippen LogP contribution in [-0.2, 0) is 6.54 Å². The molecule has 0 saturated heterocycles. The minimum atomic E-state index is 0.604. The summed E-state index contributed by atoms with van der Waals surface area (Å²) in [5.74, 6) is 0. The predicted molar refractivity (Wildman–Crippen MR) is 64.5 cm³/mol. The molecule has 0 unspecified atom stereocenters. The Balaban J connectivity index is 1.93. The molecule has 0 radical (unpaired) electrons. The van der Waals surface area contributed by atoms with E-state index >= 15 is 0 Å². The fourth-order valence-corrected chi connectivity index (χ4v) is 2.40. The molecule has 1 fully saturated rings. The second-order valence-corrected chi connectivity index (χ2v) is 5.04. The number of thiophene rings is 1. The minimum Gasteiger partial charge on any atom is -0.392 e. The molecule has 4 heteroatoms. The van der Waals surface area contributed by atoms with E-state index in [1.807, 2.05) is 0 Å². The molecule has 1 aromatic heterocycles. The largest absolute Gasteiger partial charge is 0.392 e. The van der Waals surface area contributed by atoms with Crippen LogP contribution in [0.3, 0.4) is 0 Å². The number of rotatable bonds is 5. The molecule has 0 atom stereocenters. The average Bonchev–Trinajstić information content (AvgIpc) is 2.85. The van der Waals surface area contributed by atoms with Crippen molar-refractivity contribution in [1.29, 1.82) is 0 Å². The zero-order valence-corrected chi connectivity index (χ0v) is 9.61. The first kappa shape index (κ1) is 10.1. The van der Waals surface area contributed by atoms with Crippen molar-refractivity contribution in [2.75, 3.05) is 6.54 Å². The van der Waals surface area contributed by atoms with Crippen LogP contribution in [-0.4, -0.2) is 22.5 Å². The molecule has 14 heavy (non-hydrogen) atoms. The molecule has 0 spiro atoms. The highest BCUT2D eigenvalue weighted by Gasteiger charge is 2.29. The Morgan fingerprint density at radius 2 is 2.43 bits per heavy atom. The second kappa shape index (κ2) is 4.38. The van der Waals surface area contributed by atoms with Gasteiger partial charge in [0.05, 0.1) is 4.99 Å². The van der Waals surface area contributed by atoms with Crippen LogP contribution < -0.4 is 5.73 Å². The lowest BCUT2D eigenvalue weighted by atomic mass is 10.3. The van der Waals surface area contributed by atoms with Gasteiger partial charge in [-0.1, -0.05) is 12.2 Å². The van der Waals surface area contributed by atoms with Crippen LogP contribution in [0.15, 0.2) is 16.8 Å². The summed E-state index contributed by atoms with van der Waals surface area (Å²) >= 11 is 6.69. The first-order valence-corrected chi connectivity index (χ1v) is 6.14. The van der Waals surface area contributed by atoms with Gasteiger partial charge in [0.15, 0.2) is 0 Å². The zero-order valence-electron chi connectivity index (χ0n) is 7.98. The van der Waals surface area contributed by atoms with E-state index in [-0.39, 0.29) is 0 Å². The predicted octanol–water partition coefficient (Wildman–Crippen LogP) is 2.00. The van der Waals surface area contributed by atoms with Crippen molar-refractivity contribution in [1.82, 2.24) is 4.90 Å². The number of nitrogens with two attached hydrogens (primary N) is 1. The van der Waals surface area contributed by atoms with Gasteiger partial charge in [-0.25, -0.2) is 0 Å². The lowest BCUT2D eigenvalue weighted by Gasteiger charge is -2.20. The molecule has 0 aromatic carbocycles. The van der Waals surface area contributed by atoms with E-state index in [1.165, 1.54) is 18.4 Å². The average molecular weight is 226 g/mol. The Bertz CT molecular complexity index is 304. The summed E-state index contributed by atoms with van der Waals surface area (Å²) in [7, 11) is 0. The second-order valence-electron chi connectivity index (χ2n) is 3.73. The maximum Gasteiger partial charge on any atom is 0.0870 e. The van der Waals surface area contributed by atoms with Gasteiger partial charge in [-0.05, 0) is 35.2 Å². The molecule has 1 heterocycles. The number of thiocarbonyl (C=S) groups is 1. The van der Waals surface area contributed by atoms with Gasteiger partial charge < -0.3 is 5.73 Å². The molecule has 0 amide bonds. The van der Waals surface area contributed by atoms with Gasteiger partial charge >= 0.3 is 0 Å². The molecule has 0 aliphatic heterocycles. The number of nitrogens with zero attached hydrogens (tertiary/aromatic N) is 1. The van der Waals surface area contributed by atoms with Crippen LogP contribution in [0, 0.1) is 0 Å². The molecule has 1 aliphatic rings. The Morgan fingerprint density at radius 3 is 2.93 bits per heavy atom. The van der Waals surface area contributed by atoms with Crippen molar-refractivity contribution >= 4 is 28.5 Å². The quantitative estimate of drug-likeness (QED) is 0.779. The van der Waals surface area contributed by atoms with Gasteiger partial charge in [-0.15, -0.1) is 0 Å². The summed E-state index contributed by atoms with van der Waals surface area (Å²) in [5.41, 5.74) is 6.95. The summed E-state index contributed by atoms with van der Waals surface area (Å²) in [6.45, 7) is 1.75. The van der Waals surface area contributed by atoms with Crippen molar-refractivity contribution in [2.24, 2.45) is 5.73 Å². The fraction of sp³-hybridized carbons (Fsp3) is 0.500. The van der Waals surface area contributed by atoms with Crippen LogP contribution in [0.4, 0.5) is 0 Å². The highest BCUT2D eigenvalue weighted by Crippen LogP contribution is 2.28. The molecule has 76 valence electrons. The van der Waals surface area contributed by atoms with Crippen molar-refractivity contribution in [3.63, 3.8) is 0 Å². The third-order valence-electron chi connectivity index (χ3n) is 2.39. The summed E-state index contributed by atoms with van der Waals surface area (Å²) < 4.78 is 0. The lowest BCUT2D eigenvalue weighted by molar-refractivity contribution is 0.293. The lowest BCUT2D eigenvalue weighted by Crippen LogP contribution is -2.33. The Labute approximate surface area is 93.7 Å². The zero-order chi connectivity index (χ0) is 9.97. The van der Waals surface area contributed by atoms with E-state index in [2.05, 4.69) is 21.7 Å². The topological polar surface area (TPSA) is 29.3 Å². The van der Waals surface area contributed by atoms with Crippen molar-refractivity contribution < 1.29 is 0 Å².